The molecule has 0 N–H and O–H groups in total. The number of halogens is 3. The van der Waals surface area contributed by atoms with Gasteiger partial charge >= 0.3 is 5.97 Å². The predicted molar refractivity (Wildman–Crippen MR) is 139 cm³/mol. The molecule has 3 aromatic rings. The molecule has 1 fully saturated rings. The number of ether oxygens (including phenoxy) is 3. The Bertz CT molecular complexity index is 1410. The van der Waals surface area contributed by atoms with Crippen molar-refractivity contribution >= 4 is 58.2 Å². The molecule has 190 valence electrons. The first-order valence-corrected chi connectivity index (χ1v) is 12.2. The highest BCUT2D eigenvalue weighted by Gasteiger charge is 2.36. The minimum atomic E-state index is -0.663. The third-order valence-corrected chi connectivity index (χ3v) is 6.86. The van der Waals surface area contributed by atoms with E-state index in [0.29, 0.717) is 23.1 Å². The van der Waals surface area contributed by atoms with Gasteiger partial charge in [-0.05, 0) is 71.9 Å². The normalized spacial score (nSPS) is 14.3. The molecule has 4 rings (SSSR count). The van der Waals surface area contributed by atoms with Crippen molar-refractivity contribution in [2.24, 2.45) is 0 Å². The van der Waals surface area contributed by atoms with Crippen LogP contribution in [0.2, 0.25) is 10.0 Å². The Morgan fingerprint density at radius 2 is 1.76 bits per heavy atom. The number of carbonyl (C=O) groups is 3. The van der Waals surface area contributed by atoms with Crippen LogP contribution in [0.4, 0.5) is 9.18 Å². The van der Waals surface area contributed by atoms with Gasteiger partial charge in [-0.15, -0.1) is 0 Å². The summed E-state index contributed by atoms with van der Waals surface area (Å²) in [5.41, 5.74) is 0.729. The van der Waals surface area contributed by atoms with E-state index in [1.54, 1.807) is 24.3 Å². The van der Waals surface area contributed by atoms with E-state index in [9.17, 15) is 18.8 Å². The number of imide groups is 1. The van der Waals surface area contributed by atoms with E-state index >= 15 is 0 Å². The molecular formula is C26H18Cl2FNO6S. The Labute approximate surface area is 225 Å². The van der Waals surface area contributed by atoms with Crippen molar-refractivity contribution in [3.8, 4) is 17.2 Å². The van der Waals surface area contributed by atoms with E-state index in [-0.39, 0.29) is 44.1 Å². The number of benzene rings is 3. The quantitative estimate of drug-likeness (QED) is 0.182. The average molecular weight is 562 g/mol. The van der Waals surface area contributed by atoms with Crippen molar-refractivity contribution in [3.05, 3.63) is 92.1 Å². The average Bonchev–Trinajstić information content (AvgIpc) is 3.14. The summed E-state index contributed by atoms with van der Waals surface area (Å²) in [5.74, 6) is -1.19. The van der Waals surface area contributed by atoms with Gasteiger partial charge < -0.3 is 14.2 Å². The Balaban J connectivity index is 1.56. The Morgan fingerprint density at radius 1 is 1.03 bits per heavy atom. The second-order valence-electron chi connectivity index (χ2n) is 7.62. The minimum Gasteiger partial charge on any atom is -0.497 e. The summed E-state index contributed by atoms with van der Waals surface area (Å²) in [6.45, 7) is -0.308. The fraction of sp³-hybridized carbons (Fsp3) is 0.115. The second-order valence-corrected chi connectivity index (χ2v) is 9.43. The van der Waals surface area contributed by atoms with Gasteiger partial charge in [-0.2, -0.15) is 0 Å². The molecule has 1 saturated heterocycles. The highest BCUT2D eigenvalue weighted by atomic mass is 35.5. The lowest BCUT2D eigenvalue weighted by Crippen LogP contribution is -2.28. The maximum Gasteiger partial charge on any atom is 0.343 e. The van der Waals surface area contributed by atoms with Crippen LogP contribution in [0.3, 0.4) is 0 Å². The number of hydrogen-bond acceptors (Lipinski definition) is 7. The van der Waals surface area contributed by atoms with Gasteiger partial charge in [0.2, 0.25) is 0 Å². The fourth-order valence-electron chi connectivity index (χ4n) is 3.43. The summed E-state index contributed by atoms with van der Waals surface area (Å²) in [5, 5.41) is -0.414. The first-order chi connectivity index (χ1) is 17.7. The molecule has 7 nitrogen and oxygen atoms in total. The summed E-state index contributed by atoms with van der Waals surface area (Å²) in [6.07, 6.45) is 1.44. The van der Waals surface area contributed by atoms with Gasteiger partial charge in [-0.25, -0.2) is 9.18 Å². The van der Waals surface area contributed by atoms with E-state index in [2.05, 4.69) is 0 Å². The smallest absolute Gasteiger partial charge is 0.343 e. The maximum absolute atomic E-state index is 14.2. The number of nitrogens with zero attached hydrogens (tertiary/aromatic N) is 1. The number of esters is 1. The Morgan fingerprint density at radius 3 is 2.41 bits per heavy atom. The molecule has 0 aliphatic carbocycles. The van der Waals surface area contributed by atoms with Crippen molar-refractivity contribution in [2.45, 2.75) is 6.54 Å². The number of methoxy groups -OCH3 is 2. The third kappa shape index (κ3) is 5.74. The molecule has 0 unspecified atom stereocenters. The second kappa shape index (κ2) is 11.2. The van der Waals surface area contributed by atoms with Gasteiger partial charge in [0.05, 0.1) is 36.3 Å². The van der Waals surface area contributed by atoms with Gasteiger partial charge in [-0.3, -0.25) is 14.5 Å². The molecular weight excluding hydrogens is 544 g/mol. The third-order valence-electron chi connectivity index (χ3n) is 5.32. The summed E-state index contributed by atoms with van der Waals surface area (Å²) < 4.78 is 30.1. The monoisotopic (exact) mass is 561 g/mol. The lowest BCUT2D eigenvalue weighted by atomic mass is 10.1. The van der Waals surface area contributed by atoms with Gasteiger partial charge in [0.25, 0.3) is 11.1 Å². The first kappa shape index (κ1) is 26.5. The molecule has 1 aliphatic rings. The van der Waals surface area contributed by atoms with E-state index < -0.39 is 22.9 Å². The van der Waals surface area contributed by atoms with Gasteiger partial charge in [-0.1, -0.05) is 29.3 Å². The molecule has 0 aromatic heterocycles. The largest absolute Gasteiger partial charge is 0.497 e. The molecule has 3 aromatic carbocycles. The standard InChI is InChI=1S/C26H18Cl2FNO6S/c1-34-16-8-6-15(7-9-16)25(32)36-23-19(28)10-14(11-21(23)35-2)12-22-24(31)30(26(33)37-22)13-17-18(27)4-3-5-20(17)29/h3-12H,13H2,1-2H3/b22-12-. The van der Waals surface area contributed by atoms with Crippen LogP contribution in [0.5, 0.6) is 17.2 Å². The number of hydrogen-bond donors (Lipinski definition) is 0. The van der Waals surface area contributed by atoms with Crippen molar-refractivity contribution in [2.75, 3.05) is 14.2 Å². The van der Waals surface area contributed by atoms with Crippen LogP contribution in [0.15, 0.2) is 59.5 Å². The first-order valence-electron chi connectivity index (χ1n) is 10.6. The van der Waals surface area contributed by atoms with Crippen LogP contribution in [0, 0.1) is 5.82 Å². The maximum atomic E-state index is 14.2. The predicted octanol–water partition coefficient (Wildman–Crippen LogP) is 6.61. The Hall–Kier alpha value is -3.53. The van der Waals surface area contributed by atoms with Crippen molar-refractivity contribution < 1.29 is 33.0 Å². The molecule has 1 aliphatic heterocycles. The van der Waals surface area contributed by atoms with E-state index in [1.807, 2.05) is 0 Å². The van der Waals surface area contributed by atoms with Crippen molar-refractivity contribution in [3.63, 3.8) is 0 Å². The molecule has 2 amide bonds. The molecule has 0 saturated carbocycles. The lowest BCUT2D eigenvalue weighted by Gasteiger charge is -2.14. The van der Waals surface area contributed by atoms with E-state index in [1.165, 1.54) is 50.6 Å². The summed E-state index contributed by atoms with van der Waals surface area (Å²) >= 11 is 13.1. The fourth-order valence-corrected chi connectivity index (χ4v) is 4.75. The molecule has 0 radical (unpaired) electrons. The van der Waals surface area contributed by atoms with Gasteiger partial charge in [0, 0.05) is 10.6 Å². The van der Waals surface area contributed by atoms with E-state index in [0.717, 1.165) is 4.90 Å². The van der Waals surface area contributed by atoms with Crippen molar-refractivity contribution in [1.29, 1.82) is 0 Å². The Kier molecular flexibility index (Phi) is 8.06. The molecule has 1 heterocycles. The highest BCUT2D eigenvalue weighted by molar-refractivity contribution is 8.18. The van der Waals surface area contributed by atoms with Crippen LogP contribution >= 0.6 is 35.0 Å². The summed E-state index contributed by atoms with van der Waals surface area (Å²) in [7, 11) is 2.88. The zero-order valence-electron chi connectivity index (χ0n) is 19.4. The molecule has 11 heteroatoms. The van der Waals surface area contributed by atoms with E-state index in [4.69, 9.17) is 37.4 Å². The van der Waals surface area contributed by atoms with Crippen LogP contribution in [0.25, 0.3) is 6.08 Å². The SMILES string of the molecule is COc1ccc(C(=O)Oc2c(Cl)cc(/C=C3\SC(=O)N(Cc4c(F)cccc4Cl)C3=O)cc2OC)cc1. The highest BCUT2D eigenvalue weighted by Crippen LogP contribution is 2.40. The van der Waals surface area contributed by atoms with Crippen molar-refractivity contribution in [1.82, 2.24) is 4.90 Å². The number of rotatable bonds is 7. The number of thioether (sulfide) groups is 1. The molecule has 0 atom stereocenters. The zero-order chi connectivity index (χ0) is 26.7. The topological polar surface area (TPSA) is 82.1 Å². The summed E-state index contributed by atoms with van der Waals surface area (Å²) in [4.78, 5) is 39.0. The zero-order valence-corrected chi connectivity index (χ0v) is 21.7. The number of carbonyl (C=O) groups excluding carboxylic acids is 3. The lowest BCUT2D eigenvalue weighted by molar-refractivity contribution is -0.123. The summed E-state index contributed by atoms with van der Waals surface area (Å²) in [6, 6.07) is 13.4. The van der Waals surface area contributed by atoms with Crippen LogP contribution in [-0.2, 0) is 11.3 Å². The van der Waals surface area contributed by atoms with Crippen LogP contribution in [-0.4, -0.2) is 36.2 Å². The molecule has 37 heavy (non-hydrogen) atoms. The molecule has 0 spiro atoms. The molecule has 0 bridgehead atoms. The van der Waals surface area contributed by atoms with Crippen LogP contribution < -0.4 is 14.2 Å². The van der Waals surface area contributed by atoms with Gasteiger partial charge in [0.15, 0.2) is 11.5 Å². The van der Waals surface area contributed by atoms with Crippen LogP contribution in [0.1, 0.15) is 21.5 Å². The number of amides is 2. The minimum absolute atomic E-state index is 0.00978. The van der Waals surface area contributed by atoms with Gasteiger partial charge in [0.1, 0.15) is 11.6 Å².